The normalized spacial score (nSPS) is 11.6. The molecule has 8 nitrogen and oxygen atoms in total. The van der Waals surface area contributed by atoms with Gasteiger partial charge in [-0.1, -0.05) is 80.9 Å². The van der Waals surface area contributed by atoms with Gasteiger partial charge in [0.25, 0.3) is 0 Å². The van der Waals surface area contributed by atoms with Crippen LogP contribution in [0.2, 0.25) is 0 Å². The fourth-order valence-electron chi connectivity index (χ4n) is 9.12. The molecule has 0 radical (unpaired) electrons. The Balaban J connectivity index is 0.915. The molecular formula is C57H46N6O2. The number of aromatic nitrogens is 6. The van der Waals surface area contributed by atoms with Crippen LogP contribution in [0.3, 0.4) is 0 Å². The van der Waals surface area contributed by atoms with Gasteiger partial charge in [0.1, 0.15) is 34.6 Å². The average Bonchev–Trinajstić information content (AvgIpc) is 3.84. The molecule has 0 saturated heterocycles. The summed E-state index contributed by atoms with van der Waals surface area (Å²) in [5.74, 6) is 4.68. The minimum Gasteiger partial charge on any atom is -0.457 e. The summed E-state index contributed by atoms with van der Waals surface area (Å²) < 4.78 is 17.7. The van der Waals surface area contributed by atoms with Gasteiger partial charge in [-0.3, -0.25) is 9.13 Å². The van der Waals surface area contributed by atoms with Crippen molar-refractivity contribution in [1.82, 2.24) is 29.1 Å². The van der Waals surface area contributed by atoms with E-state index in [1.54, 1.807) is 0 Å². The van der Waals surface area contributed by atoms with Crippen LogP contribution >= 0.6 is 0 Å². The van der Waals surface area contributed by atoms with E-state index in [0.717, 1.165) is 125 Å². The molecule has 0 aliphatic carbocycles. The number of rotatable bonds is 11. The van der Waals surface area contributed by atoms with Crippen LogP contribution in [0.5, 0.6) is 23.0 Å². The molecular weight excluding hydrogens is 801 g/mol. The highest BCUT2D eigenvalue weighted by Crippen LogP contribution is 2.39. The van der Waals surface area contributed by atoms with Gasteiger partial charge < -0.3 is 9.47 Å². The third-order valence-electron chi connectivity index (χ3n) is 12.1. The van der Waals surface area contributed by atoms with Crippen molar-refractivity contribution in [3.8, 4) is 57.1 Å². The van der Waals surface area contributed by atoms with Gasteiger partial charge in [-0.05, 0) is 123 Å². The highest BCUT2D eigenvalue weighted by molar-refractivity contribution is 6.10. The summed E-state index contributed by atoms with van der Waals surface area (Å²) in [7, 11) is 0. The monoisotopic (exact) mass is 846 g/mol. The van der Waals surface area contributed by atoms with E-state index < -0.39 is 0 Å². The molecule has 0 aliphatic rings. The van der Waals surface area contributed by atoms with Crippen molar-refractivity contribution in [1.29, 1.82) is 0 Å². The third kappa shape index (κ3) is 7.32. The molecule has 0 bridgehead atoms. The molecule has 8 heteroatoms. The van der Waals surface area contributed by atoms with Gasteiger partial charge in [0.2, 0.25) is 0 Å². The first-order valence-electron chi connectivity index (χ1n) is 22.3. The lowest BCUT2D eigenvalue weighted by Crippen LogP contribution is -2.05. The number of benzene rings is 6. The van der Waals surface area contributed by atoms with Crippen LogP contribution in [-0.2, 0) is 12.8 Å². The Labute approximate surface area is 377 Å². The average molecular weight is 847 g/mol. The van der Waals surface area contributed by atoms with E-state index in [-0.39, 0.29) is 0 Å². The zero-order valence-corrected chi connectivity index (χ0v) is 36.8. The Hall–Kier alpha value is -8.10. The van der Waals surface area contributed by atoms with Crippen LogP contribution in [-0.4, -0.2) is 29.1 Å². The number of nitrogens with zero attached hydrogens (tertiary/aromatic N) is 6. The Bertz CT molecular complexity index is 3600. The van der Waals surface area contributed by atoms with Gasteiger partial charge in [-0.2, -0.15) is 0 Å². The molecule has 316 valence electrons. The second kappa shape index (κ2) is 16.5. The lowest BCUT2D eigenvalue weighted by Gasteiger charge is -2.16. The molecule has 0 saturated carbocycles. The molecule has 11 rings (SSSR count). The van der Waals surface area contributed by atoms with Gasteiger partial charge in [-0.25, -0.2) is 19.9 Å². The molecule has 5 aromatic heterocycles. The van der Waals surface area contributed by atoms with Crippen LogP contribution in [0.4, 0.5) is 0 Å². The summed E-state index contributed by atoms with van der Waals surface area (Å²) in [6.07, 6.45) is 6.14. The minimum absolute atomic E-state index is 0.709. The van der Waals surface area contributed by atoms with Crippen molar-refractivity contribution in [3.05, 3.63) is 193 Å². The lowest BCUT2D eigenvalue weighted by atomic mass is 10.0. The Kier molecular flexibility index (Phi) is 10.1. The first-order chi connectivity index (χ1) is 31.9. The summed E-state index contributed by atoms with van der Waals surface area (Å²) in [5, 5.41) is 4.63. The number of ether oxygens (including phenoxy) is 2. The van der Waals surface area contributed by atoms with E-state index in [2.05, 4.69) is 146 Å². The molecule has 65 heavy (non-hydrogen) atoms. The SMILES string of the molecule is CCCc1nc(-c2cccc(Oc3ccc4c5ccccc5n(-c5cc(C)ccn5)c4c3)c2)c(CC)nc1-c1cccc(Oc2ccc3c4ccccc4n(-c4cc(C)ccn4)c3c2)c1. The van der Waals surface area contributed by atoms with Crippen LogP contribution < -0.4 is 9.47 Å². The van der Waals surface area contributed by atoms with E-state index >= 15 is 0 Å². The van der Waals surface area contributed by atoms with Crippen molar-refractivity contribution in [2.75, 3.05) is 0 Å². The fourth-order valence-corrected chi connectivity index (χ4v) is 9.12. The van der Waals surface area contributed by atoms with E-state index in [1.165, 1.54) is 10.8 Å². The molecule has 0 unspecified atom stereocenters. The van der Waals surface area contributed by atoms with Crippen LogP contribution in [0.1, 0.15) is 42.8 Å². The van der Waals surface area contributed by atoms with E-state index in [0.29, 0.717) is 6.42 Å². The second-order valence-corrected chi connectivity index (χ2v) is 16.6. The van der Waals surface area contributed by atoms with Gasteiger partial charge >= 0.3 is 0 Å². The molecule has 0 fully saturated rings. The van der Waals surface area contributed by atoms with Crippen molar-refractivity contribution >= 4 is 43.6 Å². The Morgan fingerprint density at radius 2 is 0.892 bits per heavy atom. The third-order valence-corrected chi connectivity index (χ3v) is 12.1. The van der Waals surface area contributed by atoms with Crippen molar-refractivity contribution in [3.63, 3.8) is 0 Å². The number of fused-ring (bicyclic) bond motifs is 6. The van der Waals surface area contributed by atoms with Crippen LogP contribution in [0.15, 0.2) is 170 Å². The molecule has 0 spiro atoms. The number of hydrogen-bond donors (Lipinski definition) is 0. The summed E-state index contributed by atoms with van der Waals surface area (Å²) in [6.45, 7) is 8.50. The maximum Gasteiger partial charge on any atom is 0.137 e. The molecule has 0 aliphatic heterocycles. The maximum atomic E-state index is 6.64. The van der Waals surface area contributed by atoms with Gasteiger partial charge in [0.05, 0.1) is 44.8 Å². The Morgan fingerprint density at radius 1 is 0.431 bits per heavy atom. The number of hydrogen-bond acceptors (Lipinski definition) is 6. The highest BCUT2D eigenvalue weighted by atomic mass is 16.5. The summed E-state index contributed by atoms with van der Waals surface area (Å²) in [4.78, 5) is 20.2. The fraction of sp³-hybridized carbons (Fsp3) is 0.123. The standard InChI is InChI=1S/C57H46N6O2/c1-5-13-49-57(39-15-12-17-41(33-39)65-43-23-25-47-45-19-8-10-21-51(45)63(53(47)35-43)55-31-37(4)27-29-59-55)60-48(6-2)56(61-49)38-14-11-16-40(32-38)64-42-22-24-46-44-18-7-9-20-50(44)62(52(46)34-42)54-30-36(3)26-28-58-54/h7-12,14-35H,5-6,13H2,1-4H3. The van der Waals surface area contributed by atoms with Crippen LogP contribution in [0.25, 0.3) is 77.8 Å². The summed E-state index contributed by atoms with van der Waals surface area (Å²) in [5.41, 5.74) is 12.1. The Morgan fingerprint density at radius 3 is 1.38 bits per heavy atom. The molecule has 0 amide bonds. The van der Waals surface area contributed by atoms with Crippen molar-refractivity contribution < 1.29 is 9.47 Å². The van der Waals surface area contributed by atoms with E-state index in [1.807, 2.05) is 60.9 Å². The van der Waals surface area contributed by atoms with E-state index in [9.17, 15) is 0 Å². The van der Waals surface area contributed by atoms with Crippen molar-refractivity contribution in [2.45, 2.75) is 47.0 Å². The molecule has 0 atom stereocenters. The zero-order chi connectivity index (χ0) is 44.0. The minimum atomic E-state index is 0.709. The summed E-state index contributed by atoms with van der Waals surface area (Å²) in [6, 6.07) is 54.2. The highest BCUT2D eigenvalue weighted by Gasteiger charge is 2.19. The molecule has 11 aromatic rings. The predicted molar refractivity (Wildman–Crippen MR) is 263 cm³/mol. The molecule has 6 aromatic carbocycles. The maximum absolute atomic E-state index is 6.64. The summed E-state index contributed by atoms with van der Waals surface area (Å²) >= 11 is 0. The van der Waals surface area contributed by atoms with Gasteiger partial charge in [0, 0.05) is 57.2 Å². The lowest BCUT2D eigenvalue weighted by molar-refractivity contribution is 0.483. The first kappa shape index (κ1) is 39.7. The topological polar surface area (TPSA) is 79.9 Å². The largest absolute Gasteiger partial charge is 0.457 e. The first-order valence-corrected chi connectivity index (χ1v) is 22.3. The number of aryl methyl sites for hydroxylation is 4. The van der Waals surface area contributed by atoms with Gasteiger partial charge in [0.15, 0.2) is 0 Å². The number of para-hydroxylation sites is 2. The van der Waals surface area contributed by atoms with Crippen molar-refractivity contribution in [2.24, 2.45) is 0 Å². The smallest absolute Gasteiger partial charge is 0.137 e. The molecule has 0 N–H and O–H groups in total. The zero-order valence-electron chi connectivity index (χ0n) is 36.8. The predicted octanol–water partition coefficient (Wildman–Crippen LogP) is 14.5. The second-order valence-electron chi connectivity index (χ2n) is 16.6. The quantitative estimate of drug-likeness (QED) is 0.129. The van der Waals surface area contributed by atoms with Crippen LogP contribution in [0, 0.1) is 13.8 Å². The number of pyridine rings is 2. The van der Waals surface area contributed by atoms with Gasteiger partial charge in [-0.15, -0.1) is 0 Å². The van der Waals surface area contributed by atoms with E-state index in [4.69, 9.17) is 29.4 Å². The molecule has 5 heterocycles.